The van der Waals surface area contributed by atoms with Crippen molar-refractivity contribution >= 4 is 5.84 Å². The molecule has 2 aromatic carbocycles. The highest BCUT2D eigenvalue weighted by Gasteiger charge is 2.12. The van der Waals surface area contributed by atoms with Crippen molar-refractivity contribution in [1.29, 1.82) is 0 Å². The maximum atomic E-state index is 4.37. The molecule has 1 N–H and O–H groups in total. The number of nitrogens with zero attached hydrogens (tertiary/aromatic N) is 4. The van der Waals surface area contributed by atoms with Crippen LogP contribution in [0.4, 0.5) is 0 Å². The first-order valence-electron chi connectivity index (χ1n) is 9.85. The number of azo groups is 1. The van der Waals surface area contributed by atoms with Crippen molar-refractivity contribution in [3.05, 3.63) is 96.0 Å². The van der Waals surface area contributed by atoms with Gasteiger partial charge in [0, 0.05) is 42.7 Å². The first-order chi connectivity index (χ1) is 14.2. The maximum Gasteiger partial charge on any atom is 0.179 e. The molecule has 0 aliphatic carbocycles. The molecule has 0 bridgehead atoms. The van der Waals surface area contributed by atoms with E-state index in [1.165, 1.54) is 11.3 Å². The molecule has 0 atom stereocenters. The predicted octanol–water partition coefficient (Wildman–Crippen LogP) is 5.04. The molecule has 0 fully saturated rings. The van der Waals surface area contributed by atoms with Crippen molar-refractivity contribution < 1.29 is 0 Å². The van der Waals surface area contributed by atoms with Gasteiger partial charge in [0.2, 0.25) is 0 Å². The Balaban J connectivity index is 1.50. The molecule has 2 heterocycles. The van der Waals surface area contributed by atoms with Crippen molar-refractivity contribution in [2.75, 3.05) is 13.2 Å². The van der Waals surface area contributed by atoms with Gasteiger partial charge in [0.15, 0.2) is 12.5 Å². The van der Waals surface area contributed by atoms with E-state index < -0.39 is 0 Å². The maximum absolute atomic E-state index is 4.37. The van der Waals surface area contributed by atoms with Gasteiger partial charge in [-0.15, -0.1) is 5.11 Å². The van der Waals surface area contributed by atoms with Crippen LogP contribution in [0.1, 0.15) is 23.7 Å². The molecule has 0 saturated carbocycles. The second kappa shape index (κ2) is 8.69. The number of aliphatic imine (C=N–C) groups is 1. The molecule has 29 heavy (non-hydrogen) atoms. The SMILES string of the molecule is C=C(C)NCCc1cccn1Cc1ccc(-c2ccccc2C2=NCN=N2)cc1. The van der Waals surface area contributed by atoms with E-state index in [4.69, 9.17) is 0 Å². The van der Waals surface area contributed by atoms with Crippen LogP contribution < -0.4 is 5.32 Å². The van der Waals surface area contributed by atoms with E-state index in [1.54, 1.807) is 0 Å². The Labute approximate surface area is 171 Å². The van der Waals surface area contributed by atoms with Gasteiger partial charge in [-0.3, -0.25) is 0 Å². The number of nitrogens with one attached hydrogen (secondary N) is 1. The highest BCUT2D eigenvalue weighted by atomic mass is 15.2. The lowest BCUT2D eigenvalue weighted by Gasteiger charge is -2.12. The lowest BCUT2D eigenvalue weighted by atomic mass is 9.98. The van der Waals surface area contributed by atoms with Gasteiger partial charge in [-0.1, -0.05) is 55.1 Å². The third-order valence-corrected chi connectivity index (χ3v) is 4.97. The second-order valence-electron chi connectivity index (χ2n) is 7.19. The smallest absolute Gasteiger partial charge is 0.179 e. The zero-order valence-corrected chi connectivity index (χ0v) is 16.7. The summed E-state index contributed by atoms with van der Waals surface area (Å²) in [5.41, 5.74) is 6.91. The van der Waals surface area contributed by atoms with Gasteiger partial charge in [0.25, 0.3) is 0 Å². The first kappa shape index (κ1) is 18.9. The summed E-state index contributed by atoms with van der Waals surface area (Å²) in [5.74, 6) is 0.713. The molecule has 1 aliphatic heterocycles. The summed E-state index contributed by atoms with van der Waals surface area (Å²) in [6.45, 7) is 8.06. The van der Waals surface area contributed by atoms with E-state index in [0.717, 1.165) is 41.9 Å². The largest absolute Gasteiger partial charge is 0.389 e. The molecular formula is C24H25N5. The topological polar surface area (TPSA) is 54.0 Å². The van der Waals surface area contributed by atoms with Crippen molar-refractivity contribution in [3.8, 4) is 11.1 Å². The molecule has 1 aromatic heterocycles. The van der Waals surface area contributed by atoms with Crippen LogP contribution in [0.3, 0.4) is 0 Å². The molecule has 3 aromatic rings. The minimum Gasteiger partial charge on any atom is -0.389 e. The van der Waals surface area contributed by atoms with Gasteiger partial charge in [0.05, 0.1) is 0 Å². The van der Waals surface area contributed by atoms with Crippen LogP contribution >= 0.6 is 0 Å². The van der Waals surface area contributed by atoms with Crippen LogP contribution in [0.25, 0.3) is 11.1 Å². The number of amidine groups is 1. The summed E-state index contributed by atoms with van der Waals surface area (Å²) >= 11 is 0. The fourth-order valence-corrected chi connectivity index (χ4v) is 3.52. The molecule has 5 heteroatoms. The predicted molar refractivity (Wildman–Crippen MR) is 118 cm³/mol. The normalized spacial score (nSPS) is 12.8. The molecule has 1 aliphatic rings. The molecule has 0 unspecified atom stereocenters. The van der Waals surface area contributed by atoms with Crippen LogP contribution in [0, 0.1) is 0 Å². The second-order valence-corrected chi connectivity index (χ2v) is 7.19. The van der Waals surface area contributed by atoms with E-state index in [-0.39, 0.29) is 0 Å². The number of hydrogen-bond donors (Lipinski definition) is 1. The third kappa shape index (κ3) is 4.51. The molecule has 0 spiro atoms. The van der Waals surface area contributed by atoms with Gasteiger partial charge >= 0.3 is 0 Å². The van der Waals surface area contributed by atoms with Crippen molar-refractivity contribution in [1.82, 2.24) is 9.88 Å². The van der Waals surface area contributed by atoms with Crippen LogP contribution in [0.5, 0.6) is 0 Å². The third-order valence-electron chi connectivity index (χ3n) is 4.97. The van der Waals surface area contributed by atoms with Gasteiger partial charge in [0.1, 0.15) is 0 Å². The number of hydrogen-bond acceptors (Lipinski definition) is 4. The van der Waals surface area contributed by atoms with E-state index in [9.17, 15) is 0 Å². The monoisotopic (exact) mass is 383 g/mol. The van der Waals surface area contributed by atoms with E-state index >= 15 is 0 Å². The number of allylic oxidation sites excluding steroid dienone is 1. The zero-order chi connectivity index (χ0) is 20.1. The average molecular weight is 383 g/mol. The summed E-state index contributed by atoms with van der Waals surface area (Å²) < 4.78 is 2.30. The van der Waals surface area contributed by atoms with Crippen LogP contribution in [0.2, 0.25) is 0 Å². The van der Waals surface area contributed by atoms with E-state index in [0.29, 0.717) is 12.5 Å². The zero-order valence-electron chi connectivity index (χ0n) is 16.7. The van der Waals surface area contributed by atoms with Crippen molar-refractivity contribution in [2.24, 2.45) is 15.2 Å². The minimum atomic E-state index is 0.420. The van der Waals surface area contributed by atoms with Crippen LogP contribution in [-0.4, -0.2) is 23.6 Å². The Hall–Kier alpha value is -3.47. The molecule has 0 saturated heterocycles. The van der Waals surface area contributed by atoms with E-state index in [1.807, 2.05) is 19.1 Å². The lowest BCUT2D eigenvalue weighted by Crippen LogP contribution is -2.16. The average Bonchev–Trinajstić information content (AvgIpc) is 3.41. The Morgan fingerprint density at radius 2 is 1.83 bits per heavy atom. The number of aromatic nitrogens is 1. The van der Waals surface area contributed by atoms with Crippen LogP contribution in [0.15, 0.2) is 94.4 Å². The van der Waals surface area contributed by atoms with Gasteiger partial charge in [-0.25, -0.2) is 4.99 Å². The first-order valence-corrected chi connectivity index (χ1v) is 9.85. The number of benzene rings is 2. The fraction of sp³-hybridized carbons (Fsp3) is 0.208. The Morgan fingerprint density at radius 3 is 2.55 bits per heavy atom. The van der Waals surface area contributed by atoms with Gasteiger partial charge < -0.3 is 9.88 Å². The lowest BCUT2D eigenvalue weighted by molar-refractivity contribution is 0.703. The van der Waals surface area contributed by atoms with Gasteiger partial charge in [-0.2, -0.15) is 5.11 Å². The Bertz CT molecular complexity index is 1060. The minimum absolute atomic E-state index is 0.420. The summed E-state index contributed by atoms with van der Waals surface area (Å²) in [6.07, 6.45) is 3.12. The van der Waals surface area contributed by atoms with Crippen LogP contribution in [-0.2, 0) is 13.0 Å². The molecule has 0 amide bonds. The quantitative estimate of drug-likeness (QED) is 0.582. The van der Waals surface area contributed by atoms with Gasteiger partial charge in [-0.05, 0) is 35.7 Å². The molecule has 0 radical (unpaired) electrons. The highest BCUT2D eigenvalue weighted by Crippen LogP contribution is 2.26. The fourth-order valence-electron chi connectivity index (χ4n) is 3.52. The Morgan fingerprint density at radius 1 is 1.03 bits per heavy atom. The van der Waals surface area contributed by atoms with E-state index in [2.05, 4.69) is 86.4 Å². The standard InChI is InChI=1S/C24H25N5/c1-18(2)25-14-13-21-6-5-15-29(21)16-19-9-11-20(12-10-19)22-7-3-4-8-23(22)24-26-17-27-28-24/h3-12,15,25H,1,13-14,16-17H2,2H3. The summed E-state index contributed by atoms with van der Waals surface area (Å²) in [4.78, 5) is 4.37. The molecular weight excluding hydrogens is 358 g/mol. The molecule has 4 rings (SSSR count). The summed E-state index contributed by atoms with van der Waals surface area (Å²) in [7, 11) is 0. The highest BCUT2D eigenvalue weighted by molar-refractivity contribution is 6.05. The van der Waals surface area contributed by atoms with Crippen molar-refractivity contribution in [2.45, 2.75) is 19.9 Å². The number of rotatable bonds is 8. The summed E-state index contributed by atoms with van der Waals surface area (Å²) in [6, 6.07) is 21.2. The van der Waals surface area contributed by atoms with Crippen molar-refractivity contribution in [3.63, 3.8) is 0 Å². The summed E-state index contributed by atoms with van der Waals surface area (Å²) in [5, 5.41) is 11.4. The molecule has 146 valence electrons. The molecule has 5 nitrogen and oxygen atoms in total. The Kier molecular flexibility index (Phi) is 5.66.